The Labute approximate surface area is 463 Å². The minimum atomic E-state index is 0. The lowest BCUT2D eigenvalue weighted by Crippen LogP contribution is -2.36. The summed E-state index contributed by atoms with van der Waals surface area (Å²) >= 11 is 7.79. The van der Waals surface area contributed by atoms with Crippen molar-refractivity contribution in [2.24, 2.45) is 0 Å². The van der Waals surface area contributed by atoms with E-state index in [2.05, 4.69) is 114 Å². The van der Waals surface area contributed by atoms with Gasteiger partial charge >= 0.3 is 0 Å². The highest BCUT2D eigenvalue weighted by Crippen LogP contribution is 2.35. The van der Waals surface area contributed by atoms with E-state index in [-0.39, 0.29) is 17.7 Å². The van der Waals surface area contributed by atoms with E-state index >= 15 is 0 Å². The number of aromatic amines is 2. The van der Waals surface area contributed by atoms with Crippen LogP contribution in [0.15, 0.2) is 107 Å². The number of nitrogens with zero attached hydrogens (tertiary/aromatic N) is 10. The van der Waals surface area contributed by atoms with Crippen molar-refractivity contribution in [2.45, 2.75) is 29.8 Å². The number of ether oxygens (including phenoxy) is 2. The number of fused-ring (bicyclic) bond motifs is 2. The van der Waals surface area contributed by atoms with Gasteiger partial charge in [-0.15, -0.1) is 12.4 Å². The highest BCUT2D eigenvalue weighted by Gasteiger charge is 2.20. The van der Waals surface area contributed by atoms with Gasteiger partial charge in [0.1, 0.15) is 11.6 Å². The molecule has 10 rings (SSSR count). The van der Waals surface area contributed by atoms with E-state index in [9.17, 15) is 5.26 Å². The Morgan fingerprint density at radius 3 is 1.61 bits per heavy atom. The van der Waals surface area contributed by atoms with Crippen molar-refractivity contribution < 1.29 is 33.0 Å². The number of H-pyrrole nitrogens is 2. The second-order valence-electron chi connectivity index (χ2n) is 16.1. The summed E-state index contributed by atoms with van der Waals surface area (Å²) in [5, 5.41) is 52.2. The molecule has 4 aromatic carbocycles. The number of hydrogen-bond acceptors (Lipinski definition) is 23. The summed E-state index contributed by atoms with van der Waals surface area (Å²) in [7, 11) is 2.80. The van der Waals surface area contributed by atoms with Crippen molar-refractivity contribution in [3.05, 3.63) is 113 Å². The first kappa shape index (κ1) is 59.0. The third-order valence-electron chi connectivity index (χ3n) is 10.9. The van der Waals surface area contributed by atoms with Gasteiger partial charge in [-0.2, -0.15) is 49.3 Å². The number of nitrogen functional groups attached to an aromatic ring is 1. The molecule has 404 valence electrons. The number of anilines is 9. The van der Waals surface area contributed by atoms with Crippen LogP contribution in [0.25, 0.3) is 22.1 Å². The van der Waals surface area contributed by atoms with E-state index in [1.807, 2.05) is 30.3 Å². The molecule has 0 radical (unpaired) electrons. The Kier molecular flexibility index (Phi) is 23.8. The molecule has 6 heterocycles. The fraction of sp³-hybridized carbons (Fsp3) is 0.280. The van der Waals surface area contributed by atoms with E-state index < -0.39 is 0 Å². The maximum Gasteiger partial charge on any atom is 0.231 e. The summed E-state index contributed by atoms with van der Waals surface area (Å²) in [6.07, 6.45) is 2.04. The summed E-state index contributed by atoms with van der Waals surface area (Å²) in [5.41, 5.74) is 13.1. The molecule has 2 saturated heterocycles. The van der Waals surface area contributed by atoms with Gasteiger partial charge in [-0.1, -0.05) is 25.5 Å². The molecule has 2 aliphatic rings. The summed E-state index contributed by atoms with van der Waals surface area (Å²) in [5.74, 6) is 1.31. The van der Waals surface area contributed by atoms with Gasteiger partial charge in [0.05, 0.1) is 98.8 Å². The molecule has 0 atom stereocenters. The zero-order chi connectivity index (χ0) is 53.5. The number of aromatic nitrogens is 8. The van der Waals surface area contributed by atoms with E-state index in [0.29, 0.717) is 78.8 Å². The van der Waals surface area contributed by atoms with E-state index in [0.717, 1.165) is 107 Å². The van der Waals surface area contributed by atoms with E-state index in [4.69, 9.17) is 50.7 Å². The fourth-order valence-corrected chi connectivity index (χ4v) is 8.40. The maximum atomic E-state index is 9.25. The molecule has 77 heavy (non-hydrogen) atoms. The largest absolute Gasteiger partial charge is 0.399 e. The lowest BCUT2D eigenvalue weighted by molar-refractivity contribution is -0.160. The molecule has 0 amide bonds. The van der Waals surface area contributed by atoms with E-state index in [1.165, 1.54) is 19.9 Å². The number of unbranched alkanes of at least 4 members (excludes halogenated alkanes) is 1. The van der Waals surface area contributed by atoms with Crippen LogP contribution in [0.1, 0.15) is 30.9 Å². The van der Waals surface area contributed by atoms with Crippen LogP contribution < -0.4 is 31.5 Å². The van der Waals surface area contributed by atoms with Crippen LogP contribution in [0.5, 0.6) is 0 Å². The Morgan fingerprint density at radius 1 is 0.675 bits per heavy atom. The minimum Gasteiger partial charge on any atom is -0.399 e. The number of nitriles is 2. The fourth-order valence-electron chi connectivity index (χ4n) is 7.25. The average molecular weight is 1130 g/mol. The zero-order valence-electron chi connectivity index (χ0n) is 42.1. The van der Waals surface area contributed by atoms with Crippen molar-refractivity contribution in [2.75, 3.05) is 105 Å². The topological polar surface area (TPSA) is 301 Å². The first-order chi connectivity index (χ1) is 37.2. The van der Waals surface area contributed by atoms with Gasteiger partial charge in [0, 0.05) is 66.9 Å². The van der Waals surface area contributed by atoms with Crippen molar-refractivity contribution in [3.63, 3.8) is 0 Å². The maximum absolute atomic E-state index is 9.25. The molecule has 0 bridgehead atoms. The Balaban J connectivity index is 0.000000195. The Morgan fingerprint density at radius 2 is 1.16 bits per heavy atom. The van der Waals surface area contributed by atoms with Gasteiger partial charge in [-0.25, -0.2) is 9.78 Å². The number of halogens is 2. The second kappa shape index (κ2) is 31.1. The molecule has 0 saturated carbocycles. The summed E-state index contributed by atoms with van der Waals surface area (Å²) in [6.45, 7) is 9.22. The molecule has 4 aromatic heterocycles. The predicted molar refractivity (Wildman–Crippen MR) is 301 cm³/mol. The zero-order valence-corrected chi connectivity index (χ0v) is 45.3. The SMILES string of the molecule is CCCCO.COOSc1n[nH]c2nc(Cl)nc(Nc3cccc(C#N)c3)c12.COOSc1n[nH]c2nc(Nc3ccc(N4CCOCC4)cc3)nc(Nc3cccc(C#N)c3)c12.Cl.Nc1ccc(N2CCOCC2)cc1. The number of aliphatic hydroxyl groups is 1. The summed E-state index contributed by atoms with van der Waals surface area (Å²) in [6, 6.07) is 34.4. The molecule has 2 aliphatic heterocycles. The first-order valence-electron chi connectivity index (χ1n) is 23.7. The molecule has 2 fully saturated rings. The first-order valence-corrected chi connectivity index (χ1v) is 25.5. The number of aliphatic hydroxyl groups excluding tert-OH is 1. The van der Waals surface area contributed by atoms with Crippen LogP contribution >= 0.6 is 48.1 Å². The number of benzene rings is 4. The third-order valence-corrected chi connectivity index (χ3v) is 12.4. The van der Waals surface area contributed by atoms with Gasteiger partial charge in [-0.05, 0) is 103 Å². The van der Waals surface area contributed by atoms with Crippen molar-refractivity contribution in [3.8, 4) is 12.1 Å². The van der Waals surface area contributed by atoms with Crippen molar-refractivity contribution in [1.82, 2.24) is 40.3 Å². The Bertz CT molecular complexity index is 3170. The second-order valence-corrected chi connectivity index (χ2v) is 17.8. The van der Waals surface area contributed by atoms with Crippen LogP contribution in [0, 0.1) is 22.7 Å². The lowest BCUT2D eigenvalue weighted by atomic mass is 10.2. The number of rotatable bonds is 16. The molecule has 8 N–H and O–H groups in total. The van der Waals surface area contributed by atoms with Gasteiger partial charge < -0.3 is 46.1 Å². The number of hydrogen-bond donors (Lipinski definition) is 7. The lowest BCUT2D eigenvalue weighted by Gasteiger charge is -2.28. The number of morpholine rings is 2. The predicted octanol–water partition coefficient (Wildman–Crippen LogP) is 9.65. The molecule has 23 nitrogen and oxygen atoms in total. The van der Waals surface area contributed by atoms with Crippen LogP contribution in [-0.2, 0) is 27.9 Å². The minimum absolute atomic E-state index is 0. The van der Waals surface area contributed by atoms with Crippen LogP contribution in [0.2, 0.25) is 5.28 Å². The van der Waals surface area contributed by atoms with E-state index in [1.54, 1.807) is 42.5 Å². The summed E-state index contributed by atoms with van der Waals surface area (Å²) < 4.78 is 20.5. The monoisotopic (exact) mass is 1130 g/mol. The summed E-state index contributed by atoms with van der Waals surface area (Å²) in [4.78, 5) is 31.4. The van der Waals surface area contributed by atoms with Gasteiger partial charge in [0.25, 0.3) is 0 Å². The highest BCUT2D eigenvalue weighted by molar-refractivity contribution is 7.95. The third kappa shape index (κ3) is 17.4. The van der Waals surface area contributed by atoms with Crippen molar-refractivity contribution in [1.29, 1.82) is 10.5 Å². The van der Waals surface area contributed by atoms with Crippen LogP contribution in [-0.4, -0.2) is 119 Å². The number of nitrogens with one attached hydrogen (secondary N) is 5. The highest BCUT2D eigenvalue weighted by atomic mass is 35.5. The molecule has 0 aliphatic carbocycles. The molecule has 0 unspecified atom stereocenters. The van der Waals surface area contributed by atoms with Crippen LogP contribution in [0.3, 0.4) is 0 Å². The normalized spacial score (nSPS) is 12.8. The quantitative estimate of drug-likeness (QED) is 0.0156. The molecule has 8 aromatic rings. The smallest absolute Gasteiger partial charge is 0.231 e. The van der Waals surface area contributed by atoms with Gasteiger partial charge in [0.15, 0.2) is 21.3 Å². The number of nitrogens with two attached hydrogens (primary N) is 1. The average Bonchev–Trinajstić information content (AvgIpc) is 4.09. The molecular formula is C50H56Cl2N16O7S2. The molecule has 0 spiro atoms. The van der Waals surface area contributed by atoms with Gasteiger partial charge in [-0.3, -0.25) is 10.2 Å². The van der Waals surface area contributed by atoms with Crippen molar-refractivity contribution >= 4 is 122 Å². The van der Waals surface area contributed by atoms with Gasteiger partial charge in [0.2, 0.25) is 11.2 Å². The Hall–Kier alpha value is -7.24. The molecular weight excluding hydrogens is 1070 g/mol. The standard InChI is InChI=1S/C23H22N8O3S.C13H9ClN6O2S.C10H14N2O.C4H10O.ClH/c1-32-34-35-22-19-20(25-17-4-2-3-15(13-17)14-24)27-23(28-21(19)29-30-22)26-16-5-7-18(8-6-16)31-9-11-33-12-10-31;1-21-22-23-12-9-10(17-13(14)18-11(9)19-20-12)16-8-4-2-3-7(5-8)6-15;11-9-1-3-10(4-2-9)12-5-7-13-8-6-12;1-2-3-4-5;/h2-8,13H,9-12H2,1H3,(H3,25,26,27,28,29,30);2-5H,1H3,(H2,16,17,18,19,20);1-4H,5-8,11H2;5H,2-4H2,1H3;1H. The van der Waals surface area contributed by atoms with Crippen LogP contribution in [0.4, 0.5) is 51.7 Å². The molecule has 27 heteroatoms.